The van der Waals surface area contributed by atoms with Crippen LogP contribution in [0.2, 0.25) is 0 Å². The number of nitrogens with one attached hydrogen (secondary N) is 1. The molecule has 0 aliphatic carbocycles. The molecule has 1 unspecified atom stereocenters. The van der Waals surface area contributed by atoms with Gasteiger partial charge in [-0.05, 0) is 50.4 Å². The van der Waals surface area contributed by atoms with Gasteiger partial charge in [-0.3, -0.25) is 4.79 Å². The van der Waals surface area contributed by atoms with Crippen LogP contribution in [0.15, 0.2) is 18.2 Å². The summed E-state index contributed by atoms with van der Waals surface area (Å²) >= 11 is 0. The number of carbonyl (C=O) groups excluding carboxylic acids is 1. The number of halogens is 1. The smallest absolute Gasteiger partial charge is 0.307 e. The first-order valence-corrected chi connectivity index (χ1v) is 7.20. The number of esters is 1. The molecular formula is C16H24FNO2. The molecule has 112 valence electrons. The molecule has 0 aromatic heterocycles. The third-order valence-corrected chi connectivity index (χ3v) is 3.11. The van der Waals surface area contributed by atoms with E-state index in [2.05, 4.69) is 12.2 Å². The van der Waals surface area contributed by atoms with Gasteiger partial charge in [-0.25, -0.2) is 4.39 Å². The molecule has 0 bridgehead atoms. The van der Waals surface area contributed by atoms with Crippen LogP contribution < -0.4 is 5.32 Å². The van der Waals surface area contributed by atoms with Crippen LogP contribution in [0.4, 0.5) is 4.39 Å². The van der Waals surface area contributed by atoms with E-state index in [9.17, 15) is 9.18 Å². The fourth-order valence-electron chi connectivity index (χ4n) is 2.10. The Morgan fingerprint density at radius 2 is 2.15 bits per heavy atom. The molecule has 20 heavy (non-hydrogen) atoms. The summed E-state index contributed by atoms with van der Waals surface area (Å²) in [5, 5.41) is 3.35. The lowest BCUT2D eigenvalue weighted by atomic mass is 10.0. The predicted molar refractivity (Wildman–Crippen MR) is 78.2 cm³/mol. The lowest BCUT2D eigenvalue weighted by molar-refractivity contribution is -0.143. The SMILES string of the molecule is CCCNC(CC(=O)OCC)Cc1ccc(F)c(C)c1. The minimum Gasteiger partial charge on any atom is -0.466 e. The van der Waals surface area contributed by atoms with Crippen LogP contribution in [0, 0.1) is 12.7 Å². The minimum absolute atomic E-state index is 0.0267. The molecule has 0 aliphatic rings. The van der Waals surface area contributed by atoms with E-state index in [1.165, 1.54) is 6.07 Å². The maximum absolute atomic E-state index is 13.3. The van der Waals surface area contributed by atoms with Crippen molar-refractivity contribution in [3.8, 4) is 0 Å². The molecule has 0 radical (unpaired) electrons. The molecule has 0 saturated carbocycles. The lowest BCUT2D eigenvalue weighted by Crippen LogP contribution is -2.34. The predicted octanol–water partition coefficient (Wildman–Crippen LogP) is 3.00. The van der Waals surface area contributed by atoms with Crippen molar-refractivity contribution in [3.63, 3.8) is 0 Å². The van der Waals surface area contributed by atoms with Gasteiger partial charge >= 0.3 is 5.97 Å². The number of hydrogen-bond donors (Lipinski definition) is 1. The summed E-state index contributed by atoms with van der Waals surface area (Å²) in [4.78, 5) is 11.6. The Labute approximate surface area is 120 Å². The van der Waals surface area contributed by atoms with Gasteiger partial charge in [0.25, 0.3) is 0 Å². The highest BCUT2D eigenvalue weighted by Gasteiger charge is 2.15. The van der Waals surface area contributed by atoms with Gasteiger partial charge in [-0.15, -0.1) is 0 Å². The number of rotatable bonds is 8. The van der Waals surface area contributed by atoms with Crippen LogP contribution in [0.1, 0.15) is 37.8 Å². The lowest BCUT2D eigenvalue weighted by Gasteiger charge is -2.18. The van der Waals surface area contributed by atoms with Crippen molar-refractivity contribution >= 4 is 5.97 Å². The molecule has 0 fully saturated rings. The zero-order valence-electron chi connectivity index (χ0n) is 12.5. The second-order valence-corrected chi connectivity index (χ2v) is 4.95. The van der Waals surface area contributed by atoms with E-state index >= 15 is 0 Å². The summed E-state index contributed by atoms with van der Waals surface area (Å²) in [6, 6.07) is 5.11. The Morgan fingerprint density at radius 3 is 2.75 bits per heavy atom. The van der Waals surface area contributed by atoms with E-state index in [0.29, 0.717) is 25.0 Å². The molecule has 0 amide bonds. The molecule has 1 aromatic carbocycles. The largest absolute Gasteiger partial charge is 0.466 e. The molecule has 1 rings (SSSR count). The Bertz CT molecular complexity index is 434. The Hall–Kier alpha value is -1.42. The quantitative estimate of drug-likeness (QED) is 0.744. The van der Waals surface area contributed by atoms with Gasteiger partial charge in [0.1, 0.15) is 5.82 Å². The Morgan fingerprint density at radius 1 is 1.40 bits per heavy atom. The first-order valence-electron chi connectivity index (χ1n) is 7.20. The number of hydrogen-bond acceptors (Lipinski definition) is 3. The third-order valence-electron chi connectivity index (χ3n) is 3.11. The van der Waals surface area contributed by atoms with Crippen LogP contribution in [0.5, 0.6) is 0 Å². The Kier molecular flexibility index (Phi) is 7.23. The van der Waals surface area contributed by atoms with Crippen molar-refractivity contribution in [2.24, 2.45) is 0 Å². The van der Waals surface area contributed by atoms with Gasteiger partial charge in [-0.2, -0.15) is 0 Å². The summed E-state index contributed by atoms with van der Waals surface area (Å²) in [5.41, 5.74) is 1.66. The molecule has 4 heteroatoms. The molecular weight excluding hydrogens is 257 g/mol. The van der Waals surface area contributed by atoms with E-state index < -0.39 is 0 Å². The number of carbonyl (C=O) groups is 1. The molecule has 0 spiro atoms. The van der Waals surface area contributed by atoms with Crippen molar-refractivity contribution < 1.29 is 13.9 Å². The summed E-state index contributed by atoms with van der Waals surface area (Å²) in [7, 11) is 0. The van der Waals surface area contributed by atoms with Crippen molar-refractivity contribution in [1.82, 2.24) is 5.32 Å². The first-order chi connectivity index (χ1) is 9.56. The van der Waals surface area contributed by atoms with E-state index in [1.54, 1.807) is 19.9 Å². The highest BCUT2D eigenvalue weighted by atomic mass is 19.1. The van der Waals surface area contributed by atoms with Gasteiger partial charge in [0, 0.05) is 6.04 Å². The van der Waals surface area contributed by atoms with Crippen molar-refractivity contribution in [2.75, 3.05) is 13.2 Å². The van der Waals surface area contributed by atoms with Crippen LogP contribution >= 0.6 is 0 Å². The summed E-state index contributed by atoms with van der Waals surface area (Å²) in [6.45, 7) is 6.88. The van der Waals surface area contributed by atoms with Crippen LogP contribution in [-0.2, 0) is 16.0 Å². The van der Waals surface area contributed by atoms with Crippen molar-refractivity contribution in [2.45, 2.75) is 46.1 Å². The van der Waals surface area contributed by atoms with Crippen LogP contribution in [0.3, 0.4) is 0 Å². The average molecular weight is 281 g/mol. The van der Waals surface area contributed by atoms with E-state index in [1.807, 2.05) is 6.07 Å². The van der Waals surface area contributed by atoms with E-state index in [-0.39, 0.29) is 17.8 Å². The fourth-order valence-corrected chi connectivity index (χ4v) is 2.10. The normalized spacial score (nSPS) is 12.2. The molecule has 1 aromatic rings. The van der Waals surface area contributed by atoms with Crippen LogP contribution in [0.25, 0.3) is 0 Å². The first kappa shape index (κ1) is 16.6. The van der Waals surface area contributed by atoms with Gasteiger partial charge in [0.05, 0.1) is 13.0 Å². The second kappa shape index (κ2) is 8.69. The minimum atomic E-state index is -0.197. The molecule has 1 atom stereocenters. The van der Waals surface area contributed by atoms with Gasteiger partial charge in [0.2, 0.25) is 0 Å². The number of ether oxygens (including phenoxy) is 1. The average Bonchev–Trinajstić information content (AvgIpc) is 2.40. The topological polar surface area (TPSA) is 38.3 Å². The van der Waals surface area contributed by atoms with Crippen LogP contribution in [-0.4, -0.2) is 25.2 Å². The zero-order valence-corrected chi connectivity index (χ0v) is 12.5. The maximum atomic E-state index is 13.3. The summed E-state index contributed by atoms with van der Waals surface area (Å²) in [6.07, 6.45) is 2.03. The molecule has 0 saturated heterocycles. The van der Waals surface area contributed by atoms with E-state index in [0.717, 1.165) is 18.5 Å². The molecule has 3 nitrogen and oxygen atoms in total. The number of benzene rings is 1. The Balaban J connectivity index is 2.67. The highest BCUT2D eigenvalue weighted by molar-refractivity contribution is 5.70. The summed E-state index contributed by atoms with van der Waals surface area (Å²) < 4.78 is 18.3. The molecule has 0 aliphatic heterocycles. The monoisotopic (exact) mass is 281 g/mol. The van der Waals surface area contributed by atoms with Gasteiger partial charge in [0.15, 0.2) is 0 Å². The number of aryl methyl sites for hydroxylation is 1. The van der Waals surface area contributed by atoms with E-state index in [4.69, 9.17) is 4.74 Å². The van der Waals surface area contributed by atoms with Gasteiger partial charge < -0.3 is 10.1 Å². The fraction of sp³-hybridized carbons (Fsp3) is 0.562. The second-order valence-electron chi connectivity index (χ2n) is 4.95. The standard InChI is InChI=1S/C16H24FNO2/c1-4-8-18-14(11-16(19)20-5-2)10-13-6-7-15(17)12(3)9-13/h6-7,9,14,18H,4-5,8,10-11H2,1-3H3. The maximum Gasteiger partial charge on any atom is 0.307 e. The van der Waals surface area contributed by atoms with Gasteiger partial charge in [-0.1, -0.05) is 19.1 Å². The summed E-state index contributed by atoms with van der Waals surface area (Å²) in [5.74, 6) is -0.392. The molecule has 0 heterocycles. The third kappa shape index (κ3) is 5.70. The van der Waals surface area contributed by atoms with Crippen molar-refractivity contribution in [1.29, 1.82) is 0 Å². The molecule has 1 N–H and O–H groups in total. The van der Waals surface area contributed by atoms with Crippen molar-refractivity contribution in [3.05, 3.63) is 35.1 Å². The zero-order chi connectivity index (χ0) is 15.0. The highest BCUT2D eigenvalue weighted by Crippen LogP contribution is 2.12.